The molecule has 4 nitrogen and oxygen atoms in total. The summed E-state index contributed by atoms with van der Waals surface area (Å²) in [6.45, 7) is 5.71. The van der Waals surface area contributed by atoms with Crippen molar-refractivity contribution in [3.63, 3.8) is 0 Å². The fourth-order valence-electron chi connectivity index (χ4n) is 2.88. The molecule has 1 aliphatic rings. The van der Waals surface area contributed by atoms with Crippen molar-refractivity contribution >= 4 is 11.6 Å². The summed E-state index contributed by atoms with van der Waals surface area (Å²) in [6.07, 6.45) is 1.90. The van der Waals surface area contributed by atoms with Crippen molar-refractivity contribution in [1.82, 2.24) is 5.32 Å². The van der Waals surface area contributed by atoms with Gasteiger partial charge in [-0.2, -0.15) is 0 Å². The zero-order chi connectivity index (χ0) is 15.4. The first kappa shape index (κ1) is 15.8. The van der Waals surface area contributed by atoms with Crippen molar-refractivity contribution in [2.24, 2.45) is 11.7 Å². The van der Waals surface area contributed by atoms with Gasteiger partial charge in [-0.1, -0.05) is 12.1 Å². The lowest BCUT2D eigenvalue weighted by Crippen LogP contribution is -2.39. The van der Waals surface area contributed by atoms with E-state index in [4.69, 9.17) is 5.73 Å². The first-order valence-corrected chi connectivity index (χ1v) is 7.52. The van der Waals surface area contributed by atoms with Crippen LogP contribution in [0.5, 0.6) is 0 Å². The van der Waals surface area contributed by atoms with Gasteiger partial charge >= 0.3 is 0 Å². The summed E-state index contributed by atoms with van der Waals surface area (Å²) < 4.78 is 14.2. The van der Waals surface area contributed by atoms with E-state index in [0.717, 1.165) is 31.5 Å². The van der Waals surface area contributed by atoms with Crippen LogP contribution >= 0.6 is 0 Å². The van der Waals surface area contributed by atoms with Crippen LogP contribution in [0.3, 0.4) is 0 Å². The van der Waals surface area contributed by atoms with E-state index in [9.17, 15) is 9.18 Å². The fourth-order valence-corrected chi connectivity index (χ4v) is 2.88. The monoisotopic (exact) mass is 293 g/mol. The smallest absolute Gasteiger partial charge is 0.216 e. The lowest BCUT2D eigenvalue weighted by molar-refractivity contribution is -0.119. The maximum atomic E-state index is 14.2. The van der Waals surface area contributed by atoms with Crippen LogP contribution in [0.15, 0.2) is 18.2 Å². The van der Waals surface area contributed by atoms with Crippen molar-refractivity contribution < 1.29 is 9.18 Å². The van der Waals surface area contributed by atoms with E-state index in [-0.39, 0.29) is 17.8 Å². The largest absolute Gasteiger partial charge is 0.369 e. The molecule has 0 spiro atoms. The molecule has 0 aliphatic carbocycles. The Labute approximate surface area is 125 Å². The van der Waals surface area contributed by atoms with Crippen molar-refractivity contribution in [2.75, 3.05) is 24.5 Å². The minimum atomic E-state index is -0.204. The normalized spacial score (nSPS) is 17.6. The Hall–Kier alpha value is -1.62. The maximum absolute atomic E-state index is 14.2. The maximum Gasteiger partial charge on any atom is 0.216 e. The minimum Gasteiger partial charge on any atom is -0.369 e. The highest BCUT2D eigenvalue weighted by molar-refractivity contribution is 5.72. The number of nitrogens with two attached hydrogens (primary N) is 1. The summed E-state index contributed by atoms with van der Waals surface area (Å²) in [5.41, 5.74) is 7.46. The fraction of sp³-hybridized carbons (Fsp3) is 0.562. The third-order valence-electron chi connectivity index (χ3n) is 4.08. The summed E-state index contributed by atoms with van der Waals surface area (Å²) >= 11 is 0. The Morgan fingerprint density at radius 1 is 1.48 bits per heavy atom. The minimum absolute atomic E-state index is 0.00535. The number of rotatable bonds is 4. The Morgan fingerprint density at radius 2 is 2.14 bits per heavy atom. The number of piperidine rings is 1. The number of hydrogen-bond acceptors (Lipinski definition) is 3. The standard InChI is InChI=1S/C16H24FN3O/c1-11(18)14-4-3-5-15(17)16(14)20-8-6-13(7-9-20)10-19-12(2)21/h3-5,11,13H,6-10,18H2,1-2H3,(H,19,21)/t11-/m0/s1. The predicted octanol–water partition coefficient (Wildman–Crippen LogP) is 2.20. The first-order chi connectivity index (χ1) is 9.99. The summed E-state index contributed by atoms with van der Waals surface area (Å²) in [4.78, 5) is 13.0. The Kier molecular flexibility index (Phi) is 5.17. The molecule has 0 bridgehead atoms. The highest BCUT2D eigenvalue weighted by Gasteiger charge is 2.24. The SMILES string of the molecule is CC(=O)NCC1CCN(c2c(F)cccc2[C@H](C)N)CC1. The van der Waals surface area contributed by atoms with Gasteiger partial charge in [0.1, 0.15) is 5.82 Å². The van der Waals surface area contributed by atoms with Gasteiger partial charge in [0, 0.05) is 32.6 Å². The molecule has 5 heteroatoms. The average Bonchev–Trinajstić information content (AvgIpc) is 2.45. The third-order valence-corrected chi connectivity index (χ3v) is 4.08. The van der Waals surface area contributed by atoms with E-state index >= 15 is 0 Å². The van der Waals surface area contributed by atoms with Gasteiger partial charge in [-0.25, -0.2) is 4.39 Å². The number of nitrogens with zero attached hydrogens (tertiary/aromatic N) is 1. The highest BCUT2D eigenvalue weighted by atomic mass is 19.1. The van der Waals surface area contributed by atoms with Crippen molar-refractivity contribution in [3.05, 3.63) is 29.6 Å². The number of carbonyl (C=O) groups excluding carboxylic acids is 1. The van der Waals surface area contributed by atoms with Gasteiger partial charge in [0.05, 0.1) is 5.69 Å². The highest BCUT2D eigenvalue weighted by Crippen LogP contribution is 2.31. The topological polar surface area (TPSA) is 58.4 Å². The quantitative estimate of drug-likeness (QED) is 0.894. The van der Waals surface area contributed by atoms with E-state index in [1.54, 1.807) is 6.07 Å². The molecule has 1 aliphatic heterocycles. The summed E-state index contributed by atoms with van der Waals surface area (Å²) in [7, 11) is 0. The second-order valence-electron chi connectivity index (χ2n) is 5.83. The lowest BCUT2D eigenvalue weighted by atomic mass is 9.95. The molecule has 21 heavy (non-hydrogen) atoms. The molecule has 1 heterocycles. The second kappa shape index (κ2) is 6.89. The van der Waals surface area contributed by atoms with Gasteiger partial charge in [0.25, 0.3) is 0 Å². The van der Waals surface area contributed by atoms with E-state index in [2.05, 4.69) is 10.2 Å². The second-order valence-corrected chi connectivity index (χ2v) is 5.83. The molecule has 1 aromatic carbocycles. The van der Waals surface area contributed by atoms with Crippen LogP contribution in [0.4, 0.5) is 10.1 Å². The molecule has 1 fully saturated rings. The first-order valence-electron chi connectivity index (χ1n) is 7.52. The van der Waals surface area contributed by atoms with Crippen LogP contribution in [-0.2, 0) is 4.79 Å². The zero-order valence-electron chi connectivity index (χ0n) is 12.7. The lowest BCUT2D eigenvalue weighted by Gasteiger charge is -2.35. The van der Waals surface area contributed by atoms with Crippen LogP contribution < -0.4 is 16.0 Å². The van der Waals surface area contributed by atoms with E-state index in [0.29, 0.717) is 18.2 Å². The third kappa shape index (κ3) is 3.94. The van der Waals surface area contributed by atoms with E-state index in [1.807, 2.05) is 13.0 Å². The van der Waals surface area contributed by atoms with Gasteiger partial charge in [0.15, 0.2) is 0 Å². The van der Waals surface area contributed by atoms with Gasteiger partial charge < -0.3 is 16.0 Å². The van der Waals surface area contributed by atoms with Crippen LogP contribution in [0.25, 0.3) is 0 Å². The zero-order valence-corrected chi connectivity index (χ0v) is 12.7. The molecule has 116 valence electrons. The van der Waals surface area contributed by atoms with Gasteiger partial charge in [-0.05, 0) is 37.3 Å². The van der Waals surface area contributed by atoms with Gasteiger partial charge in [-0.15, -0.1) is 0 Å². The number of benzene rings is 1. The van der Waals surface area contributed by atoms with Crippen molar-refractivity contribution in [1.29, 1.82) is 0 Å². The molecule has 2 rings (SSSR count). The molecular formula is C16H24FN3O. The van der Waals surface area contributed by atoms with Gasteiger partial charge in [0.2, 0.25) is 5.91 Å². The van der Waals surface area contributed by atoms with Crippen LogP contribution in [-0.4, -0.2) is 25.5 Å². The molecule has 0 saturated carbocycles. The number of para-hydroxylation sites is 1. The number of halogens is 1. The number of carbonyl (C=O) groups is 1. The van der Waals surface area contributed by atoms with Crippen molar-refractivity contribution in [3.8, 4) is 0 Å². The predicted molar refractivity (Wildman–Crippen MR) is 82.6 cm³/mol. The molecule has 1 saturated heterocycles. The van der Waals surface area contributed by atoms with Crippen LogP contribution in [0.2, 0.25) is 0 Å². The van der Waals surface area contributed by atoms with Crippen molar-refractivity contribution in [2.45, 2.75) is 32.7 Å². The summed E-state index contributed by atoms with van der Waals surface area (Å²) in [6, 6.07) is 4.91. The molecule has 1 atom stereocenters. The Morgan fingerprint density at radius 3 is 2.71 bits per heavy atom. The van der Waals surface area contributed by atoms with Crippen LogP contribution in [0.1, 0.15) is 38.3 Å². The van der Waals surface area contributed by atoms with Crippen LogP contribution in [0, 0.1) is 11.7 Å². The molecule has 1 amide bonds. The summed E-state index contributed by atoms with van der Waals surface area (Å²) in [5.74, 6) is 0.270. The molecule has 3 N–H and O–H groups in total. The Balaban J connectivity index is 2.04. The van der Waals surface area contributed by atoms with E-state index < -0.39 is 0 Å². The number of amides is 1. The molecule has 0 unspecified atom stereocenters. The molecular weight excluding hydrogens is 269 g/mol. The average molecular weight is 293 g/mol. The Bertz CT molecular complexity index is 496. The van der Waals surface area contributed by atoms with Gasteiger partial charge in [-0.3, -0.25) is 4.79 Å². The number of hydrogen-bond donors (Lipinski definition) is 2. The summed E-state index contributed by atoms with van der Waals surface area (Å²) in [5, 5.41) is 2.86. The molecule has 0 aromatic heterocycles. The van der Waals surface area contributed by atoms with E-state index in [1.165, 1.54) is 13.0 Å². The molecule has 1 aromatic rings. The number of nitrogens with one attached hydrogen (secondary N) is 1. The number of anilines is 1. The molecule has 0 radical (unpaired) electrons.